The summed E-state index contributed by atoms with van der Waals surface area (Å²) in [7, 11) is 0. The summed E-state index contributed by atoms with van der Waals surface area (Å²) in [5.74, 6) is -1.14. The maximum atomic E-state index is 15.0. The van der Waals surface area contributed by atoms with Gasteiger partial charge in [-0.3, -0.25) is 5.10 Å². The third kappa shape index (κ3) is 3.03. The van der Waals surface area contributed by atoms with Crippen LogP contribution in [0.4, 0.5) is 22.0 Å². The monoisotopic (exact) mass is 375 g/mol. The first-order chi connectivity index (χ1) is 12.8. The summed E-state index contributed by atoms with van der Waals surface area (Å²) in [4.78, 5) is 4.22. The van der Waals surface area contributed by atoms with Crippen LogP contribution in [0, 0.1) is 11.6 Å². The summed E-state index contributed by atoms with van der Waals surface area (Å²) < 4.78 is 66.8. The lowest BCUT2D eigenvalue weighted by Crippen LogP contribution is -2.04. The molecule has 2 aromatic heterocycles. The number of hydrogen-bond acceptors (Lipinski definition) is 2. The molecule has 0 spiro atoms. The fourth-order valence-electron chi connectivity index (χ4n) is 2.81. The van der Waals surface area contributed by atoms with Crippen LogP contribution in [-0.2, 0) is 6.18 Å². The van der Waals surface area contributed by atoms with E-state index in [0.717, 1.165) is 18.2 Å². The average Bonchev–Trinajstić information content (AvgIpc) is 3.14. The number of aromatic nitrogens is 3. The molecule has 0 fully saturated rings. The third-order valence-corrected chi connectivity index (χ3v) is 4.09. The molecule has 0 radical (unpaired) electrons. The Balaban J connectivity index is 1.98. The minimum Gasteiger partial charge on any atom is -0.273 e. The number of alkyl halides is 3. The molecule has 27 heavy (non-hydrogen) atoms. The number of pyridine rings is 1. The van der Waals surface area contributed by atoms with Gasteiger partial charge in [-0.05, 0) is 30.3 Å². The van der Waals surface area contributed by atoms with Crippen molar-refractivity contribution >= 4 is 10.8 Å². The zero-order valence-corrected chi connectivity index (χ0v) is 13.5. The van der Waals surface area contributed by atoms with E-state index in [9.17, 15) is 22.0 Å². The van der Waals surface area contributed by atoms with Crippen molar-refractivity contribution < 1.29 is 22.0 Å². The maximum Gasteiger partial charge on any atom is 0.432 e. The first-order valence-corrected chi connectivity index (χ1v) is 7.82. The molecule has 0 aliphatic rings. The molecular formula is C19H10F5N3. The summed E-state index contributed by atoms with van der Waals surface area (Å²) in [6.07, 6.45) is -4.60. The van der Waals surface area contributed by atoms with Gasteiger partial charge in [0.25, 0.3) is 0 Å². The Kier molecular flexibility index (Phi) is 3.91. The predicted molar refractivity (Wildman–Crippen MR) is 89.7 cm³/mol. The van der Waals surface area contributed by atoms with Crippen LogP contribution in [0.3, 0.4) is 0 Å². The normalized spacial score (nSPS) is 11.9. The molecule has 0 atom stereocenters. The molecule has 0 saturated heterocycles. The van der Waals surface area contributed by atoms with Gasteiger partial charge in [-0.25, -0.2) is 13.8 Å². The molecule has 3 nitrogen and oxygen atoms in total. The predicted octanol–water partition coefficient (Wildman–Crippen LogP) is 5.59. The van der Waals surface area contributed by atoms with Crippen molar-refractivity contribution in [2.24, 2.45) is 0 Å². The summed E-state index contributed by atoms with van der Waals surface area (Å²) >= 11 is 0. The van der Waals surface area contributed by atoms with Gasteiger partial charge in [0.2, 0.25) is 0 Å². The van der Waals surface area contributed by atoms with E-state index >= 15 is 0 Å². The average molecular weight is 375 g/mol. The van der Waals surface area contributed by atoms with Crippen molar-refractivity contribution in [2.75, 3.05) is 0 Å². The molecular weight excluding hydrogens is 365 g/mol. The van der Waals surface area contributed by atoms with Gasteiger partial charge in [-0.2, -0.15) is 18.3 Å². The smallest absolute Gasteiger partial charge is 0.273 e. The first-order valence-electron chi connectivity index (χ1n) is 7.82. The first kappa shape index (κ1) is 17.1. The van der Waals surface area contributed by atoms with Crippen LogP contribution in [0.1, 0.15) is 5.69 Å². The molecule has 2 aromatic carbocycles. The van der Waals surface area contributed by atoms with Gasteiger partial charge in [0.05, 0.1) is 5.69 Å². The summed E-state index contributed by atoms with van der Waals surface area (Å²) in [6.45, 7) is 0. The molecule has 0 bridgehead atoms. The van der Waals surface area contributed by atoms with Crippen LogP contribution in [0.5, 0.6) is 0 Å². The highest BCUT2D eigenvalue weighted by Gasteiger charge is 2.33. The van der Waals surface area contributed by atoms with Crippen molar-refractivity contribution in [1.82, 2.24) is 15.2 Å². The molecule has 8 heteroatoms. The van der Waals surface area contributed by atoms with Crippen LogP contribution < -0.4 is 0 Å². The second kappa shape index (κ2) is 6.15. The fraction of sp³-hybridized carbons (Fsp3) is 0.0526. The van der Waals surface area contributed by atoms with Crippen molar-refractivity contribution in [3.63, 3.8) is 0 Å². The quantitative estimate of drug-likeness (QED) is 0.464. The maximum absolute atomic E-state index is 15.0. The summed E-state index contributed by atoms with van der Waals surface area (Å²) in [6, 6.07) is 12.1. The highest BCUT2D eigenvalue weighted by atomic mass is 19.4. The molecule has 2 heterocycles. The SMILES string of the molecule is Fc1ccc(-c2nc(-c3cc(C(F)(F)F)[nH]n3)c3ccccc3c2F)cc1. The number of halogens is 5. The fourth-order valence-corrected chi connectivity index (χ4v) is 2.81. The van der Waals surface area contributed by atoms with Crippen LogP contribution in [-0.4, -0.2) is 15.2 Å². The Hall–Kier alpha value is -3.29. The molecule has 0 saturated carbocycles. The van der Waals surface area contributed by atoms with Crippen LogP contribution in [0.15, 0.2) is 54.6 Å². The lowest BCUT2D eigenvalue weighted by atomic mass is 10.0. The van der Waals surface area contributed by atoms with Gasteiger partial charge >= 0.3 is 6.18 Å². The van der Waals surface area contributed by atoms with E-state index in [-0.39, 0.29) is 22.5 Å². The van der Waals surface area contributed by atoms with Crippen LogP contribution in [0.2, 0.25) is 0 Å². The zero-order chi connectivity index (χ0) is 19.2. The Morgan fingerprint density at radius 2 is 1.48 bits per heavy atom. The van der Waals surface area contributed by atoms with E-state index in [1.54, 1.807) is 18.2 Å². The van der Waals surface area contributed by atoms with E-state index < -0.39 is 23.5 Å². The molecule has 1 N–H and O–H groups in total. The zero-order valence-electron chi connectivity index (χ0n) is 13.5. The minimum absolute atomic E-state index is 0.0677. The summed E-state index contributed by atoms with van der Waals surface area (Å²) in [5, 5.41) is 6.12. The van der Waals surface area contributed by atoms with E-state index in [0.29, 0.717) is 10.9 Å². The topological polar surface area (TPSA) is 41.6 Å². The number of hydrogen-bond donors (Lipinski definition) is 1. The third-order valence-electron chi connectivity index (χ3n) is 4.09. The highest BCUT2D eigenvalue weighted by molar-refractivity contribution is 5.96. The summed E-state index contributed by atoms with van der Waals surface area (Å²) in [5.41, 5.74) is -0.802. The largest absolute Gasteiger partial charge is 0.432 e. The van der Waals surface area contributed by atoms with Crippen LogP contribution >= 0.6 is 0 Å². The number of aromatic amines is 1. The van der Waals surface area contributed by atoms with Crippen LogP contribution in [0.25, 0.3) is 33.4 Å². The van der Waals surface area contributed by atoms with Gasteiger partial charge in [0.15, 0.2) is 5.82 Å². The van der Waals surface area contributed by atoms with E-state index in [1.807, 2.05) is 5.10 Å². The molecule has 0 amide bonds. The number of benzene rings is 2. The Morgan fingerprint density at radius 1 is 0.815 bits per heavy atom. The van der Waals surface area contributed by atoms with Gasteiger partial charge in [0.1, 0.15) is 22.9 Å². The minimum atomic E-state index is -4.60. The van der Waals surface area contributed by atoms with Crippen molar-refractivity contribution in [3.8, 4) is 22.6 Å². The second-order valence-electron chi connectivity index (χ2n) is 5.84. The molecule has 0 aliphatic carbocycles. The lowest BCUT2D eigenvalue weighted by Gasteiger charge is -2.10. The molecule has 4 aromatic rings. The van der Waals surface area contributed by atoms with E-state index in [4.69, 9.17) is 0 Å². The number of nitrogens with zero attached hydrogens (tertiary/aromatic N) is 2. The van der Waals surface area contributed by atoms with Gasteiger partial charge in [0, 0.05) is 16.3 Å². The standard InChI is InChI=1S/C19H10F5N3/c20-11-7-5-10(6-8-11)17-16(21)12-3-1-2-4-13(12)18(25-17)14-9-15(27-26-14)19(22,23)24/h1-9H,(H,26,27). The molecule has 0 unspecified atom stereocenters. The van der Waals surface area contributed by atoms with Gasteiger partial charge < -0.3 is 0 Å². The molecule has 4 rings (SSSR count). The second-order valence-corrected chi connectivity index (χ2v) is 5.84. The lowest BCUT2D eigenvalue weighted by molar-refractivity contribution is -0.141. The number of H-pyrrole nitrogens is 1. The van der Waals surface area contributed by atoms with Crippen molar-refractivity contribution in [2.45, 2.75) is 6.18 Å². The molecule has 0 aliphatic heterocycles. The van der Waals surface area contributed by atoms with Gasteiger partial charge in [-0.1, -0.05) is 24.3 Å². The number of fused-ring (bicyclic) bond motifs is 1. The Bertz CT molecular complexity index is 1130. The van der Waals surface area contributed by atoms with E-state index in [2.05, 4.69) is 10.1 Å². The highest BCUT2D eigenvalue weighted by Crippen LogP contribution is 2.35. The van der Waals surface area contributed by atoms with Gasteiger partial charge in [-0.15, -0.1) is 0 Å². The number of nitrogens with one attached hydrogen (secondary N) is 1. The molecule has 136 valence electrons. The Labute approximate surface area is 149 Å². The Morgan fingerprint density at radius 3 is 2.11 bits per heavy atom. The van der Waals surface area contributed by atoms with Crippen molar-refractivity contribution in [1.29, 1.82) is 0 Å². The van der Waals surface area contributed by atoms with E-state index in [1.165, 1.54) is 18.2 Å². The number of rotatable bonds is 2. The van der Waals surface area contributed by atoms with Crippen molar-refractivity contribution in [3.05, 3.63) is 71.9 Å².